The second kappa shape index (κ2) is 10.6. The van der Waals surface area contributed by atoms with Gasteiger partial charge in [-0.15, -0.1) is 11.3 Å². The number of ether oxygens (including phenoxy) is 2. The van der Waals surface area contributed by atoms with Gasteiger partial charge in [-0.05, 0) is 43.0 Å². The highest BCUT2D eigenvalue weighted by atomic mass is 32.1. The third kappa shape index (κ3) is 6.29. The van der Waals surface area contributed by atoms with E-state index in [0.717, 1.165) is 33.0 Å². The lowest BCUT2D eigenvalue weighted by Gasteiger charge is -2.09. The van der Waals surface area contributed by atoms with Gasteiger partial charge in [-0.25, -0.2) is 4.98 Å². The molecule has 2 aromatic carbocycles. The van der Waals surface area contributed by atoms with Crippen LogP contribution in [-0.4, -0.2) is 37.1 Å². The molecule has 3 aromatic rings. The van der Waals surface area contributed by atoms with Crippen LogP contribution in [0.3, 0.4) is 0 Å². The number of aromatic nitrogens is 1. The van der Waals surface area contributed by atoms with E-state index in [4.69, 9.17) is 9.47 Å². The Balaban J connectivity index is 1.31. The number of carbonyl (C=O) groups is 2. The lowest BCUT2D eigenvalue weighted by atomic mass is 10.1. The van der Waals surface area contributed by atoms with Gasteiger partial charge in [0, 0.05) is 13.0 Å². The number of rotatable bonds is 10. The maximum atomic E-state index is 11.9. The number of hydrogen-bond acceptors (Lipinski definition) is 6. The fraction of sp³-hybridized carbons (Fsp3) is 0.318. The van der Waals surface area contributed by atoms with Crippen molar-refractivity contribution in [3.05, 3.63) is 59.1 Å². The number of hydrogen-bond donors (Lipinski definition) is 1. The van der Waals surface area contributed by atoms with Crippen molar-refractivity contribution in [3.63, 3.8) is 0 Å². The molecule has 0 atom stereocenters. The number of thiazole rings is 1. The zero-order valence-electron chi connectivity index (χ0n) is 16.3. The van der Waals surface area contributed by atoms with Crippen LogP contribution in [0.1, 0.15) is 23.4 Å². The topological polar surface area (TPSA) is 77.5 Å². The first-order chi connectivity index (χ1) is 14.2. The van der Waals surface area contributed by atoms with Crippen LogP contribution in [-0.2, 0) is 27.2 Å². The van der Waals surface area contributed by atoms with Crippen LogP contribution in [0.4, 0.5) is 0 Å². The summed E-state index contributed by atoms with van der Waals surface area (Å²) in [5, 5.41) is 3.76. The summed E-state index contributed by atoms with van der Waals surface area (Å²) in [5.74, 6) is 0.117. The lowest BCUT2D eigenvalue weighted by Crippen LogP contribution is -2.30. The summed E-state index contributed by atoms with van der Waals surface area (Å²) in [5.41, 5.74) is 2.00. The van der Waals surface area contributed by atoms with Gasteiger partial charge < -0.3 is 14.8 Å². The lowest BCUT2D eigenvalue weighted by molar-refractivity contribution is -0.148. The predicted molar refractivity (Wildman–Crippen MR) is 113 cm³/mol. The molecule has 1 aromatic heterocycles. The number of fused-ring (bicyclic) bond motifs is 1. The van der Waals surface area contributed by atoms with Crippen molar-refractivity contribution in [1.82, 2.24) is 10.3 Å². The zero-order chi connectivity index (χ0) is 20.5. The summed E-state index contributed by atoms with van der Waals surface area (Å²) in [6.07, 6.45) is 2.28. The highest BCUT2D eigenvalue weighted by Gasteiger charge is 2.09. The molecular weight excluding hydrogens is 388 g/mol. The van der Waals surface area contributed by atoms with Gasteiger partial charge in [0.05, 0.1) is 22.3 Å². The minimum absolute atomic E-state index is 0.258. The maximum Gasteiger partial charge on any atom is 0.306 e. The Kier molecular flexibility index (Phi) is 7.58. The molecule has 152 valence electrons. The average Bonchev–Trinajstić information content (AvgIpc) is 3.15. The molecule has 0 unspecified atom stereocenters. The first-order valence-electron chi connectivity index (χ1n) is 9.54. The van der Waals surface area contributed by atoms with Gasteiger partial charge in [0.2, 0.25) is 0 Å². The second-order valence-electron chi connectivity index (χ2n) is 6.50. The van der Waals surface area contributed by atoms with E-state index in [0.29, 0.717) is 19.4 Å². The number of amides is 1. The van der Waals surface area contributed by atoms with E-state index in [1.54, 1.807) is 18.4 Å². The molecule has 0 fully saturated rings. The van der Waals surface area contributed by atoms with E-state index >= 15 is 0 Å². The summed E-state index contributed by atoms with van der Waals surface area (Å²) < 4.78 is 11.5. The minimum Gasteiger partial charge on any atom is -0.496 e. The number of nitrogens with one attached hydrogen (secondary N) is 1. The van der Waals surface area contributed by atoms with Gasteiger partial charge in [0.1, 0.15) is 5.75 Å². The number of methoxy groups -OCH3 is 1. The zero-order valence-corrected chi connectivity index (χ0v) is 17.2. The maximum absolute atomic E-state index is 11.9. The summed E-state index contributed by atoms with van der Waals surface area (Å²) in [6, 6.07) is 15.6. The van der Waals surface area contributed by atoms with Crippen LogP contribution >= 0.6 is 11.3 Å². The van der Waals surface area contributed by atoms with Gasteiger partial charge in [0.25, 0.3) is 5.91 Å². The normalized spacial score (nSPS) is 10.7. The molecule has 29 heavy (non-hydrogen) atoms. The quantitative estimate of drug-likeness (QED) is 0.516. The monoisotopic (exact) mass is 412 g/mol. The summed E-state index contributed by atoms with van der Waals surface area (Å²) >= 11 is 1.64. The molecule has 0 spiro atoms. The van der Waals surface area contributed by atoms with E-state index in [9.17, 15) is 9.59 Å². The van der Waals surface area contributed by atoms with Gasteiger partial charge in [-0.3, -0.25) is 9.59 Å². The molecule has 1 amide bonds. The first kappa shape index (κ1) is 20.8. The van der Waals surface area contributed by atoms with Crippen molar-refractivity contribution in [3.8, 4) is 5.75 Å². The van der Waals surface area contributed by atoms with Crippen LogP contribution in [0.5, 0.6) is 5.75 Å². The van der Waals surface area contributed by atoms with Crippen molar-refractivity contribution >= 4 is 33.4 Å². The molecule has 0 saturated heterocycles. The number of esters is 1. The Hall–Kier alpha value is -2.93. The summed E-state index contributed by atoms with van der Waals surface area (Å²) in [6.45, 7) is 0.195. The molecule has 1 N–H and O–H groups in total. The van der Waals surface area contributed by atoms with Crippen LogP contribution in [0.25, 0.3) is 10.2 Å². The Morgan fingerprint density at radius 1 is 1.07 bits per heavy atom. The molecule has 0 aliphatic carbocycles. The van der Waals surface area contributed by atoms with Gasteiger partial charge in [-0.2, -0.15) is 0 Å². The van der Waals surface area contributed by atoms with Gasteiger partial charge in [0.15, 0.2) is 6.61 Å². The predicted octanol–water partition coefficient (Wildman–Crippen LogP) is 3.53. The fourth-order valence-corrected chi connectivity index (χ4v) is 3.94. The molecule has 0 radical (unpaired) electrons. The van der Waals surface area contributed by atoms with Crippen molar-refractivity contribution in [2.75, 3.05) is 20.3 Å². The number of carbonyl (C=O) groups excluding carboxylic acids is 2. The van der Waals surface area contributed by atoms with Gasteiger partial charge in [-0.1, -0.05) is 30.3 Å². The minimum atomic E-state index is -0.369. The molecule has 1 heterocycles. The standard InChI is InChI=1S/C22H24N2O4S/c1-27-18-9-4-2-7-16(18)13-14-23-20(25)15-28-22(26)12-6-11-21-24-17-8-3-5-10-19(17)29-21/h2-5,7-10H,6,11-15H2,1H3,(H,23,25). The second-order valence-corrected chi connectivity index (χ2v) is 7.62. The average molecular weight is 413 g/mol. The third-order valence-corrected chi connectivity index (χ3v) is 5.48. The fourth-order valence-electron chi connectivity index (χ4n) is 2.93. The molecule has 0 aliphatic heterocycles. The first-order valence-corrected chi connectivity index (χ1v) is 10.4. The molecule has 0 aliphatic rings. The van der Waals surface area contributed by atoms with E-state index < -0.39 is 0 Å². The van der Waals surface area contributed by atoms with E-state index in [1.165, 1.54) is 0 Å². The van der Waals surface area contributed by atoms with Crippen molar-refractivity contribution in [1.29, 1.82) is 0 Å². The van der Waals surface area contributed by atoms with Crippen molar-refractivity contribution < 1.29 is 19.1 Å². The molecular formula is C22H24N2O4S. The van der Waals surface area contributed by atoms with Crippen LogP contribution in [0.15, 0.2) is 48.5 Å². The molecule has 3 rings (SSSR count). The van der Waals surface area contributed by atoms with E-state index in [1.807, 2.05) is 48.5 Å². The highest BCUT2D eigenvalue weighted by molar-refractivity contribution is 7.18. The third-order valence-electron chi connectivity index (χ3n) is 4.38. The highest BCUT2D eigenvalue weighted by Crippen LogP contribution is 2.22. The van der Waals surface area contributed by atoms with Crippen molar-refractivity contribution in [2.45, 2.75) is 25.7 Å². The van der Waals surface area contributed by atoms with Gasteiger partial charge >= 0.3 is 5.97 Å². The number of nitrogens with zero attached hydrogens (tertiary/aromatic N) is 1. The Morgan fingerprint density at radius 3 is 2.69 bits per heavy atom. The molecule has 0 saturated carbocycles. The Bertz CT molecular complexity index is 937. The number of para-hydroxylation sites is 2. The smallest absolute Gasteiger partial charge is 0.306 e. The van der Waals surface area contributed by atoms with Crippen LogP contribution in [0.2, 0.25) is 0 Å². The Morgan fingerprint density at radius 2 is 1.86 bits per heavy atom. The molecule has 6 nitrogen and oxygen atoms in total. The van der Waals surface area contributed by atoms with Crippen LogP contribution < -0.4 is 10.1 Å². The molecule has 7 heteroatoms. The largest absolute Gasteiger partial charge is 0.496 e. The molecule has 0 bridgehead atoms. The summed E-state index contributed by atoms with van der Waals surface area (Å²) in [4.78, 5) is 28.3. The van der Waals surface area contributed by atoms with E-state index in [2.05, 4.69) is 10.3 Å². The Labute approximate surface area is 173 Å². The summed E-state index contributed by atoms with van der Waals surface area (Å²) in [7, 11) is 1.62. The van der Waals surface area contributed by atoms with Crippen LogP contribution in [0, 0.1) is 0 Å². The van der Waals surface area contributed by atoms with E-state index in [-0.39, 0.29) is 24.9 Å². The number of benzene rings is 2. The van der Waals surface area contributed by atoms with Crippen molar-refractivity contribution in [2.24, 2.45) is 0 Å². The SMILES string of the molecule is COc1ccccc1CCNC(=O)COC(=O)CCCc1nc2ccccc2s1. The number of aryl methyl sites for hydroxylation is 1.